The van der Waals surface area contributed by atoms with Gasteiger partial charge < -0.3 is 9.88 Å². The number of hydrogen-bond acceptors (Lipinski definition) is 5. The number of rotatable bonds is 4. The van der Waals surface area contributed by atoms with Gasteiger partial charge in [0.05, 0.1) is 6.54 Å². The van der Waals surface area contributed by atoms with Crippen molar-refractivity contribution in [3.05, 3.63) is 29.7 Å². The van der Waals surface area contributed by atoms with Crippen molar-refractivity contribution in [1.82, 2.24) is 24.7 Å². The van der Waals surface area contributed by atoms with E-state index in [9.17, 15) is 0 Å². The van der Waals surface area contributed by atoms with Gasteiger partial charge in [0.1, 0.15) is 18.5 Å². The predicted octanol–water partition coefficient (Wildman–Crippen LogP) is 1.97. The Morgan fingerprint density at radius 1 is 1.20 bits per heavy atom. The molecule has 2 aromatic heterocycles. The van der Waals surface area contributed by atoms with E-state index in [0.29, 0.717) is 6.54 Å². The van der Waals surface area contributed by atoms with Crippen LogP contribution in [0.25, 0.3) is 0 Å². The van der Waals surface area contributed by atoms with Crippen molar-refractivity contribution in [2.75, 3.05) is 5.32 Å². The average Bonchev–Trinajstić information content (AvgIpc) is 2.80. The maximum absolute atomic E-state index is 4.43. The maximum Gasteiger partial charge on any atom is 0.152 e. The third kappa shape index (κ3) is 2.64. The molecule has 1 N–H and O–H groups in total. The lowest BCUT2D eigenvalue weighted by atomic mass is 10.1. The Bertz CT molecular complexity index is 577. The molecule has 106 valence electrons. The second-order valence-corrected chi connectivity index (χ2v) is 5.09. The molecular formula is C14H20N6. The van der Waals surface area contributed by atoms with Crippen molar-refractivity contribution in [3.63, 3.8) is 0 Å². The molecule has 0 aromatic carbocycles. The molecule has 6 nitrogen and oxygen atoms in total. The summed E-state index contributed by atoms with van der Waals surface area (Å²) in [4.78, 5) is 8.84. The highest BCUT2D eigenvalue weighted by molar-refractivity contribution is 5.46. The van der Waals surface area contributed by atoms with Crippen LogP contribution in [0.1, 0.15) is 43.3 Å². The minimum absolute atomic E-state index is 0.650. The molecule has 0 atom stereocenters. The third-order valence-electron chi connectivity index (χ3n) is 3.83. The molecule has 0 aliphatic heterocycles. The largest absolute Gasteiger partial charge is 0.362 e. The summed E-state index contributed by atoms with van der Waals surface area (Å²) >= 11 is 0. The summed E-state index contributed by atoms with van der Waals surface area (Å²) in [5, 5.41) is 11.5. The van der Waals surface area contributed by atoms with Gasteiger partial charge in [0, 0.05) is 17.8 Å². The number of aryl methyl sites for hydroxylation is 2. The Morgan fingerprint density at radius 2 is 2.10 bits per heavy atom. The zero-order chi connectivity index (χ0) is 13.8. The van der Waals surface area contributed by atoms with Crippen LogP contribution in [0.3, 0.4) is 0 Å². The van der Waals surface area contributed by atoms with Crippen LogP contribution >= 0.6 is 0 Å². The first kappa shape index (κ1) is 13.0. The number of aromatic nitrogens is 5. The van der Waals surface area contributed by atoms with Gasteiger partial charge in [-0.25, -0.2) is 9.97 Å². The second-order valence-electron chi connectivity index (χ2n) is 5.09. The van der Waals surface area contributed by atoms with Gasteiger partial charge in [0.25, 0.3) is 0 Å². The summed E-state index contributed by atoms with van der Waals surface area (Å²) in [6, 6.07) is 0. The Hall–Kier alpha value is -1.98. The van der Waals surface area contributed by atoms with Gasteiger partial charge in [-0.1, -0.05) is 6.42 Å². The molecule has 1 aliphatic rings. The molecule has 2 aromatic rings. The van der Waals surface area contributed by atoms with E-state index in [2.05, 4.69) is 32.4 Å². The average molecular weight is 272 g/mol. The molecule has 0 radical (unpaired) electrons. The van der Waals surface area contributed by atoms with E-state index in [1.54, 1.807) is 12.7 Å². The molecule has 6 heteroatoms. The normalized spacial score (nSPS) is 14.7. The maximum atomic E-state index is 4.43. The smallest absolute Gasteiger partial charge is 0.152 e. The summed E-state index contributed by atoms with van der Waals surface area (Å²) in [5.74, 6) is 1.90. The van der Waals surface area contributed by atoms with E-state index in [1.807, 2.05) is 4.57 Å². The molecule has 3 rings (SSSR count). The molecule has 0 fully saturated rings. The summed E-state index contributed by atoms with van der Waals surface area (Å²) in [7, 11) is 0. The van der Waals surface area contributed by atoms with Gasteiger partial charge in [-0.15, -0.1) is 10.2 Å². The standard InChI is InChI=1S/C14H20N6/c1-2-20-10-18-19-13(20)8-15-14-11-6-4-3-5-7-12(11)16-9-17-14/h9-10H,2-8H2,1H3,(H,15,16,17). The Labute approximate surface area is 118 Å². The SMILES string of the molecule is CCn1cnnc1CNc1ncnc2c1CCCCC2. The fraction of sp³-hybridized carbons (Fsp3) is 0.571. The van der Waals surface area contributed by atoms with E-state index in [-0.39, 0.29) is 0 Å². The topological polar surface area (TPSA) is 68.5 Å². The summed E-state index contributed by atoms with van der Waals surface area (Å²) in [6.45, 7) is 3.62. The van der Waals surface area contributed by atoms with Gasteiger partial charge in [-0.2, -0.15) is 0 Å². The van der Waals surface area contributed by atoms with Gasteiger partial charge in [-0.05, 0) is 32.6 Å². The van der Waals surface area contributed by atoms with Crippen LogP contribution in [-0.2, 0) is 25.9 Å². The zero-order valence-corrected chi connectivity index (χ0v) is 11.8. The molecule has 0 bridgehead atoms. The molecule has 1 aliphatic carbocycles. The number of fused-ring (bicyclic) bond motifs is 1. The highest BCUT2D eigenvalue weighted by Gasteiger charge is 2.14. The number of nitrogens with one attached hydrogen (secondary N) is 1. The monoisotopic (exact) mass is 272 g/mol. The first-order valence-electron chi connectivity index (χ1n) is 7.31. The van der Waals surface area contributed by atoms with Crippen molar-refractivity contribution >= 4 is 5.82 Å². The minimum atomic E-state index is 0.650. The fourth-order valence-electron chi connectivity index (χ4n) is 2.69. The number of nitrogens with zero attached hydrogens (tertiary/aromatic N) is 5. The van der Waals surface area contributed by atoms with Crippen molar-refractivity contribution in [1.29, 1.82) is 0 Å². The van der Waals surface area contributed by atoms with Crippen LogP contribution in [0.4, 0.5) is 5.82 Å². The van der Waals surface area contributed by atoms with Crippen LogP contribution in [0, 0.1) is 0 Å². The van der Waals surface area contributed by atoms with Gasteiger partial charge in [-0.3, -0.25) is 0 Å². The molecule has 0 saturated carbocycles. The van der Waals surface area contributed by atoms with Crippen molar-refractivity contribution < 1.29 is 0 Å². The van der Waals surface area contributed by atoms with Crippen LogP contribution in [0.5, 0.6) is 0 Å². The molecule has 0 spiro atoms. The van der Waals surface area contributed by atoms with Gasteiger partial charge in [0.2, 0.25) is 0 Å². The third-order valence-corrected chi connectivity index (χ3v) is 3.83. The van der Waals surface area contributed by atoms with E-state index in [4.69, 9.17) is 0 Å². The van der Waals surface area contributed by atoms with Crippen molar-refractivity contribution in [2.45, 2.75) is 52.1 Å². The van der Waals surface area contributed by atoms with Crippen LogP contribution < -0.4 is 5.32 Å². The number of anilines is 1. The van der Waals surface area contributed by atoms with Gasteiger partial charge >= 0.3 is 0 Å². The van der Waals surface area contributed by atoms with Crippen LogP contribution in [0.2, 0.25) is 0 Å². The first-order valence-corrected chi connectivity index (χ1v) is 7.31. The number of hydrogen-bond donors (Lipinski definition) is 1. The summed E-state index contributed by atoms with van der Waals surface area (Å²) in [5.41, 5.74) is 2.49. The Kier molecular flexibility index (Phi) is 3.90. The van der Waals surface area contributed by atoms with E-state index in [0.717, 1.165) is 31.0 Å². The Balaban J connectivity index is 1.78. The zero-order valence-electron chi connectivity index (χ0n) is 11.8. The molecule has 0 unspecified atom stereocenters. The van der Waals surface area contributed by atoms with E-state index >= 15 is 0 Å². The van der Waals surface area contributed by atoms with Crippen molar-refractivity contribution in [2.24, 2.45) is 0 Å². The lowest BCUT2D eigenvalue weighted by Gasteiger charge is -2.12. The highest BCUT2D eigenvalue weighted by atomic mass is 15.3. The van der Waals surface area contributed by atoms with Crippen LogP contribution in [-0.4, -0.2) is 24.7 Å². The summed E-state index contributed by atoms with van der Waals surface area (Å²) < 4.78 is 2.03. The molecule has 0 amide bonds. The molecule has 20 heavy (non-hydrogen) atoms. The minimum Gasteiger partial charge on any atom is -0.362 e. The lowest BCUT2D eigenvalue weighted by molar-refractivity contribution is 0.705. The Morgan fingerprint density at radius 3 is 3.00 bits per heavy atom. The first-order chi connectivity index (χ1) is 9.88. The lowest BCUT2D eigenvalue weighted by Crippen LogP contribution is -2.11. The van der Waals surface area contributed by atoms with Gasteiger partial charge in [0.15, 0.2) is 5.82 Å². The quantitative estimate of drug-likeness (QED) is 0.862. The second kappa shape index (κ2) is 5.98. The van der Waals surface area contributed by atoms with E-state index < -0.39 is 0 Å². The highest BCUT2D eigenvalue weighted by Crippen LogP contribution is 2.23. The molecular weight excluding hydrogens is 252 g/mol. The van der Waals surface area contributed by atoms with E-state index in [1.165, 1.54) is 30.5 Å². The fourth-order valence-corrected chi connectivity index (χ4v) is 2.69. The predicted molar refractivity (Wildman–Crippen MR) is 76.3 cm³/mol. The molecule has 0 saturated heterocycles. The molecule has 2 heterocycles. The van der Waals surface area contributed by atoms with Crippen LogP contribution in [0.15, 0.2) is 12.7 Å². The summed E-state index contributed by atoms with van der Waals surface area (Å²) in [6.07, 6.45) is 9.29. The van der Waals surface area contributed by atoms with Crippen molar-refractivity contribution in [3.8, 4) is 0 Å².